The highest BCUT2D eigenvalue weighted by atomic mass is 32.2. The highest BCUT2D eigenvalue weighted by Crippen LogP contribution is 2.31. The normalized spacial score (nSPS) is 19.6. The lowest BCUT2D eigenvalue weighted by Gasteiger charge is -2.29. The molecule has 1 aromatic heterocycles. The molecular formula is C21H29N3O5S3. The maximum atomic E-state index is 13.1. The number of hydrogen-bond donors (Lipinski definition) is 1. The number of hydrogen-bond acceptors (Lipinski definition) is 7. The summed E-state index contributed by atoms with van der Waals surface area (Å²) in [5, 5.41) is 1.97. The smallest absolute Gasteiger partial charge is 0.244 e. The molecule has 3 rings (SSSR count). The van der Waals surface area contributed by atoms with Gasteiger partial charge in [-0.1, -0.05) is 26.8 Å². The van der Waals surface area contributed by atoms with Gasteiger partial charge in [-0.3, -0.25) is 9.69 Å². The van der Waals surface area contributed by atoms with Gasteiger partial charge in [0, 0.05) is 11.4 Å². The molecule has 11 heteroatoms. The molecule has 0 saturated carbocycles. The van der Waals surface area contributed by atoms with E-state index in [2.05, 4.69) is 9.62 Å². The Labute approximate surface area is 194 Å². The number of nitrogens with one attached hydrogen (secondary N) is 1. The maximum absolute atomic E-state index is 13.1. The summed E-state index contributed by atoms with van der Waals surface area (Å²) in [6.45, 7) is 9.01. The van der Waals surface area contributed by atoms with Gasteiger partial charge in [-0.25, -0.2) is 25.9 Å². The Hall–Kier alpha value is -1.79. The first kappa shape index (κ1) is 24.8. The molecule has 8 nitrogen and oxygen atoms in total. The van der Waals surface area contributed by atoms with Crippen LogP contribution < -0.4 is 9.03 Å². The zero-order chi connectivity index (χ0) is 23.7. The molecule has 1 amide bonds. The predicted octanol–water partition coefficient (Wildman–Crippen LogP) is 2.73. The fourth-order valence-electron chi connectivity index (χ4n) is 3.97. The van der Waals surface area contributed by atoms with Crippen molar-refractivity contribution in [2.45, 2.75) is 38.6 Å². The van der Waals surface area contributed by atoms with Crippen LogP contribution in [0.1, 0.15) is 37.3 Å². The van der Waals surface area contributed by atoms with Crippen LogP contribution in [0.5, 0.6) is 0 Å². The van der Waals surface area contributed by atoms with Gasteiger partial charge in [0.25, 0.3) is 0 Å². The Morgan fingerprint density at radius 1 is 1.25 bits per heavy atom. The number of aryl methyl sites for hydroxylation is 1. The first-order chi connectivity index (χ1) is 15.0. The van der Waals surface area contributed by atoms with Crippen LogP contribution in [0.15, 0.2) is 40.6 Å². The Morgan fingerprint density at radius 2 is 1.94 bits per heavy atom. The van der Waals surface area contributed by atoms with Crippen LogP contribution in [0.2, 0.25) is 0 Å². The molecule has 176 valence electrons. The first-order valence-corrected chi connectivity index (χ1v) is 14.4. The zero-order valence-corrected chi connectivity index (χ0v) is 21.1. The molecule has 1 aromatic carbocycles. The van der Waals surface area contributed by atoms with Gasteiger partial charge in [0.1, 0.15) is 0 Å². The second-order valence-corrected chi connectivity index (χ2v) is 12.4. The molecule has 0 bridgehead atoms. The molecule has 1 aliphatic rings. The van der Waals surface area contributed by atoms with Crippen molar-refractivity contribution >= 4 is 43.0 Å². The van der Waals surface area contributed by atoms with Crippen molar-refractivity contribution in [2.24, 2.45) is 5.92 Å². The second-order valence-electron chi connectivity index (χ2n) is 7.84. The minimum atomic E-state index is -3.85. The summed E-state index contributed by atoms with van der Waals surface area (Å²) in [5.74, 6) is -1.38. The number of benzene rings is 1. The van der Waals surface area contributed by atoms with Gasteiger partial charge < -0.3 is 0 Å². The number of nitrogens with zero attached hydrogens (tertiary/aromatic N) is 2. The van der Waals surface area contributed by atoms with E-state index in [0.717, 1.165) is 22.3 Å². The van der Waals surface area contributed by atoms with E-state index < -0.39 is 31.9 Å². The average Bonchev–Trinajstić information content (AvgIpc) is 3.31. The zero-order valence-electron chi connectivity index (χ0n) is 18.6. The van der Waals surface area contributed by atoms with E-state index in [9.17, 15) is 21.6 Å². The number of rotatable bonds is 9. The Balaban J connectivity index is 1.85. The van der Waals surface area contributed by atoms with Crippen LogP contribution >= 0.6 is 11.3 Å². The van der Waals surface area contributed by atoms with Gasteiger partial charge in [-0.2, -0.15) is 0 Å². The molecule has 0 radical (unpaired) electrons. The molecule has 2 unspecified atom stereocenters. The highest BCUT2D eigenvalue weighted by molar-refractivity contribution is 7.94. The molecule has 2 atom stereocenters. The summed E-state index contributed by atoms with van der Waals surface area (Å²) in [6, 6.07) is 8.02. The monoisotopic (exact) mass is 499 g/mol. The van der Waals surface area contributed by atoms with E-state index in [1.807, 2.05) is 31.4 Å². The molecule has 1 saturated heterocycles. The van der Waals surface area contributed by atoms with E-state index in [1.165, 1.54) is 18.2 Å². The van der Waals surface area contributed by atoms with Gasteiger partial charge in [0.2, 0.25) is 26.0 Å². The minimum Gasteiger partial charge on any atom is -0.295 e. The summed E-state index contributed by atoms with van der Waals surface area (Å²) in [7, 11) is -7.60. The second kappa shape index (κ2) is 9.60. The summed E-state index contributed by atoms with van der Waals surface area (Å²) in [5.41, 5.74) is 0.531. The molecule has 1 N–H and O–H groups in total. The van der Waals surface area contributed by atoms with Gasteiger partial charge in [-0.15, -0.1) is 11.3 Å². The minimum absolute atomic E-state index is 0.0582. The van der Waals surface area contributed by atoms with Gasteiger partial charge in [0.05, 0.1) is 28.3 Å². The SMILES string of the molecule is CCN(CC)C(CNS(=O)(=O)c1ccc(N2C(=O)C(C)CS2(=O)=O)cc1C)c1cccs1. The average molecular weight is 500 g/mol. The van der Waals surface area contributed by atoms with Crippen LogP contribution in [-0.2, 0) is 24.8 Å². The fraction of sp³-hybridized carbons (Fsp3) is 0.476. The predicted molar refractivity (Wildman–Crippen MR) is 127 cm³/mol. The van der Waals surface area contributed by atoms with Gasteiger partial charge in [0.15, 0.2) is 0 Å². The fourth-order valence-corrected chi connectivity index (χ4v) is 7.91. The molecule has 2 heterocycles. The summed E-state index contributed by atoms with van der Waals surface area (Å²) < 4.78 is 54.4. The van der Waals surface area contributed by atoms with Crippen LogP contribution in [0.25, 0.3) is 0 Å². The van der Waals surface area contributed by atoms with Gasteiger partial charge in [-0.05, 0) is 55.2 Å². The first-order valence-electron chi connectivity index (χ1n) is 10.5. The highest BCUT2D eigenvalue weighted by Gasteiger charge is 2.42. The van der Waals surface area contributed by atoms with Crippen LogP contribution in [0.3, 0.4) is 0 Å². The molecular weight excluding hydrogens is 470 g/mol. The lowest BCUT2D eigenvalue weighted by Crippen LogP contribution is -2.38. The van der Waals surface area contributed by atoms with E-state index in [0.29, 0.717) is 5.56 Å². The van der Waals surface area contributed by atoms with Gasteiger partial charge >= 0.3 is 0 Å². The summed E-state index contributed by atoms with van der Waals surface area (Å²) in [4.78, 5) is 15.7. The number of carbonyl (C=O) groups is 1. The number of carbonyl (C=O) groups excluding carboxylic acids is 1. The van der Waals surface area contributed by atoms with E-state index in [4.69, 9.17) is 0 Å². The maximum Gasteiger partial charge on any atom is 0.244 e. The quantitative estimate of drug-likeness (QED) is 0.569. The topological polar surface area (TPSA) is 104 Å². The van der Waals surface area contributed by atoms with Crippen molar-refractivity contribution in [3.05, 3.63) is 46.2 Å². The third-order valence-electron chi connectivity index (χ3n) is 5.63. The number of anilines is 1. The number of sulfonamides is 2. The number of thiophene rings is 1. The molecule has 2 aromatic rings. The molecule has 0 spiro atoms. The number of likely N-dealkylation sites (N-methyl/N-ethyl adjacent to an activating group) is 1. The van der Waals surface area contributed by atoms with Crippen molar-refractivity contribution in [1.29, 1.82) is 0 Å². The van der Waals surface area contributed by atoms with Crippen molar-refractivity contribution < 1.29 is 21.6 Å². The van der Waals surface area contributed by atoms with E-state index >= 15 is 0 Å². The summed E-state index contributed by atoms with van der Waals surface area (Å²) in [6.07, 6.45) is 0. The van der Waals surface area contributed by atoms with Crippen molar-refractivity contribution in [1.82, 2.24) is 9.62 Å². The Bertz CT molecular complexity index is 1170. The molecule has 1 aliphatic heterocycles. The molecule has 32 heavy (non-hydrogen) atoms. The third-order valence-corrected chi connectivity index (χ3v) is 10.1. The third kappa shape index (κ3) is 4.91. The summed E-state index contributed by atoms with van der Waals surface area (Å²) >= 11 is 1.58. The van der Waals surface area contributed by atoms with Crippen LogP contribution in [0, 0.1) is 12.8 Å². The standard InChI is InChI=1S/C21H29N3O5S3/c1-5-23(6-2)18(19-8-7-11-30-19)13-22-32(28,29)20-10-9-17(12-15(20)3)24-21(25)16(4)14-31(24,26)27/h7-12,16,18,22H,5-6,13-14H2,1-4H3. The lowest BCUT2D eigenvalue weighted by atomic mass is 10.2. The van der Waals surface area contributed by atoms with Crippen molar-refractivity contribution in [3.8, 4) is 0 Å². The Morgan fingerprint density at radius 3 is 2.44 bits per heavy atom. The van der Waals surface area contributed by atoms with E-state index in [1.54, 1.807) is 25.2 Å². The largest absolute Gasteiger partial charge is 0.295 e. The number of amides is 1. The van der Waals surface area contributed by atoms with E-state index in [-0.39, 0.29) is 28.9 Å². The molecule has 0 aliphatic carbocycles. The van der Waals surface area contributed by atoms with Crippen LogP contribution in [-0.4, -0.2) is 53.0 Å². The van der Waals surface area contributed by atoms with Crippen molar-refractivity contribution in [2.75, 3.05) is 29.7 Å². The molecule has 1 fully saturated rings. The van der Waals surface area contributed by atoms with Crippen molar-refractivity contribution in [3.63, 3.8) is 0 Å². The van der Waals surface area contributed by atoms with Crippen LogP contribution in [0.4, 0.5) is 5.69 Å². The lowest BCUT2D eigenvalue weighted by molar-refractivity contribution is -0.119. The Kier molecular flexibility index (Phi) is 7.45.